The molecule has 29 heavy (non-hydrogen) atoms. The highest BCUT2D eigenvalue weighted by Gasteiger charge is 2.25. The number of hydrogen-bond donors (Lipinski definition) is 1. The van der Waals surface area contributed by atoms with Gasteiger partial charge in [-0.15, -0.1) is 10.2 Å². The Bertz CT molecular complexity index is 1020. The number of thiophene rings is 1. The van der Waals surface area contributed by atoms with Crippen molar-refractivity contribution in [1.82, 2.24) is 10.2 Å². The van der Waals surface area contributed by atoms with Crippen LogP contribution in [0.2, 0.25) is 0 Å². The Labute approximate surface area is 171 Å². The van der Waals surface area contributed by atoms with Crippen LogP contribution in [0.15, 0.2) is 39.4 Å². The smallest absolute Gasteiger partial charge is 0.248 e. The lowest BCUT2D eigenvalue weighted by atomic mass is 10.2. The Morgan fingerprint density at radius 1 is 1.34 bits per heavy atom. The van der Waals surface area contributed by atoms with E-state index in [1.807, 2.05) is 16.8 Å². The fraction of sp³-hybridized carbons (Fsp3) is 0.300. The van der Waals surface area contributed by atoms with Crippen molar-refractivity contribution in [2.45, 2.75) is 25.7 Å². The van der Waals surface area contributed by atoms with E-state index in [9.17, 15) is 9.59 Å². The first-order valence-electron chi connectivity index (χ1n) is 9.27. The number of aryl methyl sites for hydroxylation is 1. The Morgan fingerprint density at radius 2 is 2.24 bits per heavy atom. The van der Waals surface area contributed by atoms with Gasteiger partial charge in [-0.2, -0.15) is 11.3 Å². The van der Waals surface area contributed by atoms with E-state index in [-0.39, 0.29) is 18.2 Å². The molecule has 2 aromatic heterocycles. The summed E-state index contributed by atoms with van der Waals surface area (Å²) in [7, 11) is 1.56. The predicted octanol–water partition coefficient (Wildman–Crippen LogP) is 3.50. The van der Waals surface area contributed by atoms with Crippen molar-refractivity contribution < 1.29 is 18.7 Å². The molecule has 0 radical (unpaired) electrons. The maximum absolute atomic E-state index is 12.4. The van der Waals surface area contributed by atoms with E-state index in [1.54, 1.807) is 41.5 Å². The van der Waals surface area contributed by atoms with Gasteiger partial charge >= 0.3 is 0 Å². The molecule has 1 N–H and O–H groups in total. The van der Waals surface area contributed by atoms with Crippen LogP contribution in [-0.4, -0.2) is 35.7 Å². The van der Waals surface area contributed by atoms with Crippen LogP contribution in [0, 0.1) is 0 Å². The average Bonchev–Trinajstić information content (AvgIpc) is 3.47. The molecule has 0 bridgehead atoms. The lowest BCUT2D eigenvalue weighted by Gasteiger charge is -2.20. The summed E-state index contributed by atoms with van der Waals surface area (Å²) in [6.45, 7) is 0.649. The molecule has 0 unspecified atom stereocenters. The summed E-state index contributed by atoms with van der Waals surface area (Å²) in [6.07, 6.45) is 1.89. The number of nitrogens with zero attached hydrogens (tertiary/aromatic N) is 3. The molecule has 1 saturated heterocycles. The monoisotopic (exact) mass is 412 g/mol. The zero-order valence-electron chi connectivity index (χ0n) is 15.9. The van der Waals surface area contributed by atoms with E-state index in [0.29, 0.717) is 48.3 Å². The minimum absolute atomic E-state index is 0.0598. The second-order valence-corrected chi connectivity index (χ2v) is 7.38. The molecule has 0 saturated carbocycles. The highest BCUT2D eigenvalue weighted by atomic mass is 32.1. The molecule has 3 aromatic rings. The van der Waals surface area contributed by atoms with E-state index in [1.165, 1.54) is 0 Å². The van der Waals surface area contributed by atoms with Crippen LogP contribution in [0.1, 0.15) is 25.2 Å². The van der Waals surface area contributed by atoms with E-state index < -0.39 is 0 Å². The van der Waals surface area contributed by atoms with Crippen LogP contribution in [-0.2, 0) is 16.0 Å². The number of rotatable bonds is 7. The quantitative estimate of drug-likeness (QED) is 0.638. The number of ether oxygens (including phenoxy) is 1. The number of methoxy groups -OCH3 is 1. The van der Waals surface area contributed by atoms with Crippen LogP contribution in [0.5, 0.6) is 5.75 Å². The molecule has 2 amide bonds. The Hall–Kier alpha value is -3.20. The van der Waals surface area contributed by atoms with Crippen LogP contribution in [0.4, 0.5) is 11.4 Å². The molecular formula is C20H20N4O4S. The minimum Gasteiger partial charge on any atom is -0.495 e. The second kappa shape index (κ2) is 8.44. The molecule has 3 heterocycles. The first kappa shape index (κ1) is 19.1. The topological polar surface area (TPSA) is 97.6 Å². The molecule has 1 aliphatic rings. The third kappa shape index (κ3) is 4.29. The second-order valence-electron chi connectivity index (χ2n) is 6.60. The normalized spacial score (nSPS) is 13.7. The number of carbonyl (C=O) groups excluding carboxylic acids is 2. The Balaban J connectivity index is 1.39. The largest absolute Gasteiger partial charge is 0.495 e. The van der Waals surface area contributed by atoms with Crippen molar-refractivity contribution >= 4 is 34.5 Å². The summed E-state index contributed by atoms with van der Waals surface area (Å²) in [5.74, 6) is 1.36. The van der Waals surface area contributed by atoms with Gasteiger partial charge in [0.15, 0.2) is 0 Å². The highest BCUT2D eigenvalue weighted by molar-refractivity contribution is 7.08. The van der Waals surface area contributed by atoms with Gasteiger partial charge in [0.05, 0.1) is 12.8 Å². The summed E-state index contributed by atoms with van der Waals surface area (Å²) in [4.78, 5) is 26.1. The Kier molecular flexibility index (Phi) is 5.57. The maximum atomic E-state index is 12.4. The number of nitrogens with one attached hydrogen (secondary N) is 1. The van der Waals surface area contributed by atoms with Crippen molar-refractivity contribution in [2.75, 3.05) is 23.9 Å². The van der Waals surface area contributed by atoms with E-state index >= 15 is 0 Å². The van der Waals surface area contributed by atoms with Crippen molar-refractivity contribution in [2.24, 2.45) is 0 Å². The number of carbonyl (C=O) groups is 2. The molecule has 9 heteroatoms. The summed E-state index contributed by atoms with van der Waals surface area (Å²) < 4.78 is 11.0. The van der Waals surface area contributed by atoms with Gasteiger partial charge in [-0.1, -0.05) is 0 Å². The first-order chi connectivity index (χ1) is 14.1. The SMILES string of the molecule is COc1ccc(NC(=O)CCc2nnc(-c3ccsc3)o2)cc1N1CCCC1=O. The van der Waals surface area contributed by atoms with Gasteiger partial charge in [0.1, 0.15) is 5.75 Å². The van der Waals surface area contributed by atoms with Gasteiger partial charge in [-0.3, -0.25) is 9.59 Å². The number of anilines is 2. The zero-order chi connectivity index (χ0) is 20.2. The van der Waals surface area contributed by atoms with Crippen LogP contribution in [0.25, 0.3) is 11.5 Å². The summed E-state index contributed by atoms with van der Waals surface area (Å²) in [5, 5.41) is 14.7. The van der Waals surface area contributed by atoms with Crippen molar-refractivity contribution in [3.05, 3.63) is 40.9 Å². The number of benzene rings is 1. The van der Waals surface area contributed by atoms with Gasteiger partial charge in [0.25, 0.3) is 0 Å². The average molecular weight is 412 g/mol. The number of hydrogen-bond acceptors (Lipinski definition) is 7. The van der Waals surface area contributed by atoms with Crippen LogP contribution < -0.4 is 15.0 Å². The third-order valence-corrected chi connectivity index (χ3v) is 5.31. The molecule has 0 atom stereocenters. The molecule has 0 aliphatic carbocycles. The predicted molar refractivity (Wildman–Crippen MR) is 109 cm³/mol. The number of amides is 2. The Morgan fingerprint density at radius 3 is 2.97 bits per heavy atom. The minimum atomic E-state index is -0.177. The van der Waals surface area contributed by atoms with Gasteiger partial charge in [0, 0.05) is 42.4 Å². The summed E-state index contributed by atoms with van der Waals surface area (Å²) >= 11 is 1.55. The zero-order valence-corrected chi connectivity index (χ0v) is 16.7. The lowest BCUT2D eigenvalue weighted by Crippen LogP contribution is -2.24. The first-order valence-corrected chi connectivity index (χ1v) is 10.2. The summed E-state index contributed by atoms with van der Waals surface area (Å²) in [5.41, 5.74) is 2.15. The lowest BCUT2D eigenvalue weighted by molar-refractivity contribution is -0.117. The van der Waals surface area contributed by atoms with Gasteiger partial charge in [-0.05, 0) is 36.1 Å². The highest BCUT2D eigenvalue weighted by Crippen LogP contribution is 2.34. The molecule has 1 aliphatic heterocycles. The van der Waals surface area contributed by atoms with E-state index in [0.717, 1.165) is 12.0 Å². The van der Waals surface area contributed by atoms with Crippen LogP contribution >= 0.6 is 11.3 Å². The molecular weight excluding hydrogens is 392 g/mol. The molecule has 150 valence electrons. The summed E-state index contributed by atoms with van der Waals surface area (Å²) in [6, 6.07) is 7.17. The van der Waals surface area contributed by atoms with E-state index in [4.69, 9.17) is 9.15 Å². The fourth-order valence-corrected chi connectivity index (χ4v) is 3.81. The fourth-order valence-electron chi connectivity index (χ4n) is 3.18. The van der Waals surface area contributed by atoms with Crippen molar-refractivity contribution in [3.63, 3.8) is 0 Å². The number of aromatic nitrogens is 2. The van der Waals surface area contributed by atoms with Crippen LogP contribution in [0.3, 0.4) is 0 Å². The molecule has 0 spiro atoms. The maximum Gasteiger partial charge on any atom is 0.248 e. The van der Waals surface area contributed by atoms with Gasteiger partial charge in [0.2, 0.25) is 23.6 Å². The van der Waals surface area contributed by atoms with E-state index in [2.05, 4.69) is 15.5 Å². The molecule has 1 fully saturated rings. The third-order valence-electron chi connectivity index (χ3n) is 4.63. The van der Waals surface area contributed by atoms with Gasteiger partial charge < -0.3 is 19.4 Å². The standard InChI is InChI=1S/C20H20N4O4S/c1-27-16-5-4-14(11-15(16)24-9-2-3-19(24)26)21-17(25)6-7-18-22-23-20(28-18)13-8-10-29-12-13/h4-5,8,10-12H,2-3,6-7,9H2,1H3,(H,21,25). The van der Waals surface area contributed by atoms with Crippen molar-refractivity contribution in [3.8, 4) is 17.2 Å². The molecule has 8 nitrogen and oxygen atoms in total. The van der Waals surface area contributed by atoms with Gasteiger partial charge in [-0.25, -0.2) is 0 Å². The molecule has 1 aromatic carbocycles. The molecule has 4 rings (SSSR count). The van der Waals surface area contributed by atoms with Crippen molar-refractivity contribution in [1.29, 1.82) is 0 Å².